The Hall–Kier alpha value is -2.47. The third-order valence-corrected chi connectivity index (χ3v) is 5.96. The Labute approximate surface area is 160 Å². The van der Waals surface area contributed by atoms with E-state index in [0.29, 0.717) is 5.02 Å². The van der Waals surface area contributed by atoms with Crippen molar-refractivity contribution in [3.63, 3.8) is 0 Å². The number of rotatable bonds is 3. The number of thiophene rings is 1. The van der Waals surface area contributed by atoms with Crippen molar-refractivity contribution in [1.82, 2.24) is 9.97 Å². The van der Waals surface area contributed by atoms with Crippen LogP contribution in [-0.2, 0) is 0 Å². The first-order valence-electron chi connectivity index (χ1n) is 8.16. The molecule has 2 aromatic carbocycles. The second-order valence-corrected chi connectivity index (χ2v) is 7.63. The van der Waals surface area contributed by atoms with Crippen molar-refractivity contribution in [2.45, 2.75) is 13.0 Å². The van der Waals surface area contributed by atoms with Gasteiger partial charge in [-0.15, -0.1) is 11.3 Å². The Morgan fingerprint density at radius 3 is 2.65 bits per heavy atom. The Morgan fingerprint density at radius 2 is 1.88 bits per heavy atom. The van der Waals surface area contributed by atoms with Gasteiger partial charge in [0.2, 0.25) is 5.95 Å². The topological polar surface area (TPSA) is 77.8 Å². The lowest BCUT2D eigenvalue weighted by Gasteiger charge is -2.13. The maximum atomic E-state index is 6.47. The van der Waals surface area contributed by atoms with Crippen molar-refractivity contribution in [3.05, 3.63) is 76.4 Å². The van der Waals surface area contributed by atoms with Gasteiger partial charge in [0.05, 0.1) is 16.6 Å². The maximum Gasteiger partial charge on any atom is 0.220 e. The van der Waals surface area contributed by atoms with E-state index in [1.54, 1.807) is 17.5 Å². The second-order valence-electron chi connectivity index (χ2n) is 6.14. The van der Waals surface area contributed by atoms with E-state index >= 15 is 0 Å². The van der Waals surface area contributed by atoms with Crippen LogP contribution in [0.15, 0.2) is 54.7 Å². The van der Waals surface area contributed by atoms with Crippen LogP contribution in [0.4, 0.5) is 5.95 Å². The molecule has 130 valence electrons. The molecule has 4 rings (SSSR count). The molecule has 2 aromatic heterocycles. The highest BCUT2D eigenvalue weighted by Gasteiger charge is 2.15. The van der Waals surface area contributed by atoms with Crippen LogP contribution in [0.3, 0.4) is 0 Å². The van der Waals surface area contributed by atoms with E-state index in [1.165, 1.54) is 15.6 Å². The summed E-state index contributed by atoms with van der Waals surface area (Å²) in [7, 11) is 0. The molecule has 4 aromatic rings. The Morgan fingerprint density at radius 1 is 1.08 bits per heavy atom. The zero-order valence-corrected chi connectivity index (χ0v) is 15.7. The first-order valence-corrected chi connectivity index (χ1v) is 9.35. The fraction of sp³-hybridized carbons (Fsp3) is 0.100. The number of aromatic nitrogens is 2. The molecule has 0 fully saturated rings. The number of benzene rings is 2. The van der Waals surface area contributed by atoms with Crippen molar-refractivity contribution in [3.8, 4) is 10.6 Å². The summed E-state index contributed by atoms with van der Waals surface area (Å²) in [6.45, 7) is 2.10. The summed E-state index contributed by atoms with van der Waals surface area (Å²) in [5.74, 6) is 0.281. The molecule has 0 spiro atoms. The monoisotopic (exact) mass is 380 g/mol. The van der Waals surface area contributed by atoms with Gasteiger partial charge >= 0.3 is 0 Å². The highest BCUT2D eigenvalue weighted by molar-refractivity contribution is 7.22. The van der Waals surface area contributed by atoms with Crippen LogP contribution in [0.5, 0.6) is 0 Å². The quantitative estimate of drug-likeness (QED) is 0.527. The molecule has 1 unspecified atom stereocenters. The summed E-state index contributed by atoms with van der Waals surface area (Å²) in [5.41, 5.74) is 16.3. The Bertz CT molecular complexity index is 1110. The smallest absolute Gasteiger partial charge is 0.220 e. The highest BCUT2D eigenvalue weighted by atomic mass is 35.5. The SMILES string of the molecule is Cc1c(-c2ccnc(N)n2)sc2ccc(C(N)c3cccc(Cl)c3)cc12. The van der Waals surface area contributed by atoms with Crippen LogP contribution in [-0.4, -0.2) is 9.97 Å². The fourth-order valence-corrected chi connectivity index (χ4v) is 4.43. The summed E-state index contributed by atoms with van der Waals surface area (Å²) in [6, 6.07) is 15.7. The van der Waals surface area contributed by atoms with Crippen LogP contribution in [0, 0.1) is 6.92 Å². The standard InChI is InChI=1S/C20H17ClN4S/c1-11-15-10-13(18(22)12-3-2-4-14(21)9-12)5-6-17(15)26-19(11)16-7-8-24-20(23)25-16/h2-10,18H,22H2,1H3,(H2,23,24,25). The second kappa shape index (κ2) is 6.68. The van der Waals surface area contributed by atoms with Crippen molar-refractivity contribution in [1.29, 1.82) is 0 Å². The lowest BCUT2D eigenvalue weighted by atomic mass is 9.97. The zero-order chi connectivity index (χ0) is 18.3. The van der Waals surface area contributed by atoms with Gasteiger partial charge in [-0.1, -0.05) is 29.8 Å². The van der Waals surface area contributed by atoms with Crippen molar-refractivity contribution < 1.29 is 0 Å². The van der Waals surface area contributed by atoms with Crippen molar-refractivity contribution in [2.75, 3.05) is 5.73 Å². The van der Waals surface area contributed by atoms with Crippen molar-refractivity contribution >= 4 is 39.0 Å². The van der Waals surface area contributed by atoms with Gasteiger partial charge in [0.15, 0.2) is 0 Å². The van der Waals surface area contributed by atoms with Gasteiger partial charge in [-0.3, -0.25) is 0 Å². The number of hydrogen-bond donors (Lipinski definition) is 2. The summed E-state index contributed by atoms with van der Waals surface area (Å²) in [6.07, 6.45) is 1.68. The number of nitrogens with two attached hydrogens (primary N) is 2. The summed E-state index contributed by atoms with van der Waals surface area (Å²) in [4.78, 5) is 9.42. The number of hydrogen-bond acceptors (Lipinski definition) is 5. The molecular weight excluding hydrogens is 364 g/mol. The lowest BCUT2D eigenvalue weighted by molar-refractivity contribution is 0.873. The van der Waals surface area contributed by atoms with Crippen LogP contribution < -0.4 is 11.5 Å². The first kappa shape index (κ1) is 17.0. The third-order valence-electron chi connectivity index (χ3n) is 4.43. The van der Waals surface area contributed by atoms with Crippen LogP contribution in [0.1, 0.15) is 22.7 Å². The third kappa shape index (κ3) is 3.05. The van der Waals surface area contributed by atoms with Gasteiger partial charge in [-0.25, -0.2) is 9.97 Å². The molecule has 0 aliphatic heterocycles. The van der Waals surface area contributed by atoms with E-state index in [1.807, 2.05) is 30.3 Å². The number of aryl methyl sites for hydroxylation is 1. The van der Waals surface area contributed by atoms with Gasteiger partial charge in [-0.05, 0) is 59.3 Å². The average Bonchev–Trinajstić information content (AvgIpc) is 2.97. The molecule has 4 nitrogen and oxygen atoms in total. The minimum atomic E-state index is -0.226. The molecule has 0 saturated heterocycles. The van der Waals surface area contributed by atoms with Gasteiger partial charge in [-0.2, -0.15) is 0 Å². The van der Waals surface area contributed by atoms with E-state index in [9.17, 15) is 0 Å². The molecule has 0 bridgehead atoms. The molecule has 26 heavy (non-hydrogen) atoms. The summed E-state index contributed by atoms with van der Waals surface area (Å²) in [5, 5.41) is 1.87. The van der Waals surface area contributed by atoms with Gasteiger partial charge in [0.1, 0.15) is 0 Å². The van der Waals surface area contributed by atoms with E-state index in [0.717, 1.165) is 21.7 Å². The van der Waals surface area contributed by atoms with E-state index in [4.69, 9.17) is 23.1 Å². The predicted octanol–water partition coefficient (Wildman–Crippen LogP) is 4.95. The number of nitrogens with zero attached hydrogens (tertiary/aromatic N) is 2. The first-order chi connectivity index (χ1) is 12.5. The largest absolute Gasteiger partial charge is 0.368 e. The number of halogens is 1. The Balaban J connectivity index is 1.79. The molecule has 0 saturated carbocycles. The molecular formula is C20H17ClN4S. The molecule has 4 N–H and O–H groups in total. The normalized spacial score (nSPS) is 12.4. The Kier molecular flexibility index (Phi) is 4.36. The predicted molar refractivity (Wildman–Crippen MR) is 109 cm³/mol. The molecule has 0 radical (unpaired) electrons. The minimum absolute atomic E-state index is 0.226. The molecule has 0 aliphatic rings. The van der Waals surface area contributed by atoms with Gasteiger partial charge < -0.3 is 11.5 Å². The zero-order valence-electron chi connectivity index (χ0n) is 14.1. The number of fused-ring (bicyclic) bond motifs is 1. The lowest BCUT2D eigenvalue weighted by Crippen LogP contribution is -2.11. The molecule has 6 heteroatoms. The number of nitrogen functional groups attached to an aromatic ring is 1. The fourth-order valence-electron chi connectivity index (χ4n) is 3.07. The van der Waals surface area contributed by atoms with Crippen LogP contribution in [0.25, 0.3) is 20.7 Å². The minimum Gasteiger partial charge on any atom is -0.368 e. The van der Waals surface area contributed by atoms with E-state index in [2.05, 4.69) is 35.1 Å². The summed E-state index contributed by atoms with van der Waals surface area (Å²) >= 11 is 7.80. The van der Waals surface area contributed by atoms with Gasteiger partial charge in [0, 0.05) is 15.9 Å². The molecule has 1 atom stereocenters. The van der Waals surface area contributed by atoms with Crippen molar-refractivity contribution in [2.24, 2.45) is 5.73 Å². The molecule has 2 heterocycles. The molecule has 0 aliphatic carbocycles. The summed E-state index contributed by atoms with van der Waals surface area (Å²) < 4.78 is 1.19. The van der Waals surface area contributed by atoms with E-state index in [-0.39, 0.29) is 12.0 Å². The van der Waals surface area contributed by atoms with E-state index < -0.39 is 0 Å². The average molecular weight is 381 g/mol. The maximum absolute atomic E-state index is 6.47. The number of anilines is 1. The van der Waals surface area contributed by atoms with Gasteiger partial charge in [0.25, 0.3) is 0 Å². The highest BCUT2D eigenvalue weighted by Crippen LogP contribution is 2.38. The van der Waals surface area contributed by atoms with Crippen LogP contribution in [0.2, 0.25) is 5.02 Å². The molecule has 0 amide bonds. The van der Waals surface area contributed by atoms with Crippen LogP contribution >= 0.6 is 22.9 Å².